The van der Waals surface area contributed by atoms with Gasteiger partial charge in [0.2, 0.25) is 0 Å². The highest BCUT2D eigenvalue weighted by atomic mass is 15.4. The summed E-state index contributed by atoms with van der Waals surface area (Å²) in [7, 11) is 0. The van der Waals surface area contributed by atoms with Crippen LogP contribution in [0.1, 0.15) is 39.0 Å². The zero-order chi connectivity index (χ0) is 12.1. The van der Waals surface area contributed by atoms with Crippen LogP contribution < -0.4 is 11.1 Å². The SMILES string of the molecule is CCCn1nncc1NCC1(CN)CCCC1. The Balaban J connectivity index is 1.94. The molecule has 0 atom stereocenters. The lowest BCUT2D eigenvalue weighted by molar-refractivity contribution is 0.331. The fraction of sp³-hybridized carbons (Fsp3) is 0.833. The van der Waals surface area contributed by atoms with E-state index in [0.717, 1.165) is 31.9 Å². The number of hydrogen-bond donors (Lipinski definition) is 2. The first-order valence-corrected chi connectivity index (χ1v) is 6.62. The average molecular weight is 237 g/mol. The van der Waals surface area contributed by atoms with Gasteiger partial charge in [0.25, 0.3) is 0 Å². The molecule has 5 nitrogen and oxygen atoms in total. The molecule has 0 aromatic carbocycles. The lowest BCUT2D eigenvalue weighted by Gasteiger charge is -2.27. The summed E-state index contributed by atoms with van der Waals surface area (Å²) in [4.78, 5) is 0. The Labute approximate surface area is 103 Å². The maximum absolute atomic E-state index is 5.93. The maximum atomic E-state index is 5.93. The maximum Gasteiger partial charge on any atom is 0.144 e. The van der Waals surface area contributed by atoms with Gasteiger partial charge in [-0.05, 0) is 31.2 Å². The molecule has 0 amide bonds. The quantitative estimate of drug-likeness (QED) is 0.789. The van der Waals surface area contributed by atoms with Crippen LogP contribution >= 0.6 is 0 Å². The molecule has 2 rings (SSSR count). The van der Waals surface area contributed by atoms with E-state index < -0.39 is 0 Å². The molecule has 0 aliphatic heterocycles. The molecule has 1 aromatic rings. The Morgan fingerprint density at radius 3 is 2.88 bits per heavy atom. The summed E-state index contributed by atoms with van der Waals surface area (Å²) in [6, 6.07) is 0. The molecular formula is C12H23N5. The Morgan fingerprint density at radius 1 is 1.47 bits per heavy atom. The summed E-state index contributed by atoms with van der Waals surface area (Å²) in [5, 5.41) is 11.5. The Hall–Kier alpha value is -1.10. The smallest absolute Gasteiger partial charge is 0.144 e. The van der Waals surface area contributed by atoms with Gasteiger partial charge < -0.3 is 11.1 Å². The predicted octanol–water partition coefficient (Wildman–Crippen LogP) is 1.62. The molecule has 1 fully saturated rings. The molecule has 0 unspecified atom stereocenters. The normalized spacial score (nSPS) is 18.5. The van der Waals surface area contributed by atoms with Gasteiger partial charge in [-0.25, -0.2) is 4.68 Å². The van der Waals surface area contributed by atoms with Crippen molar-refractivity contribution in [2.24, 2.45) is 11.1 Å². The number of anilines is 1. The van der Waals surface area contributed by atoms with Crippen molar-refractivity contribution >= 4 is 5.82 Å². The molecule has 1 aliphatic rings. The molecule has 0 saturated heterocycles. The van der Waals surface area contributed by atoms with Crippen molar-refractivity contribution in [3.63, 3.8) is 0 Å². The van der Waals surface area contributed by atoms with Gasteiger partial charge in [-0.1, -0.05) is 25.0 Å². The highest BCUT2D eigenvalue weighted by Crippen LogP contribution is 2.37. The molecule has 3 N–H and O–H groups in total. The summed E-state index contributed by atoms with van der Waals surface area (Å²) in [6.45, 7) is 4.78. The first-order chi connectivity index (χ1) is 8.29. The van der Waals surface area contributed by atoms with E-state index in [1.807, 2.05) is 4.68 Å². The highest BCUT2D eigenvalue weighted by Gasteiger charge is 2.32. The van der Waals surface area contributed by atoms with Crippen LogP contribution in [-0.2, 0) is 6.54 Å². The number of aromatic nitrogens is 3. The molecule has 5 heteroatoms. The van der Waals surface area contributed by atoms with Crippen molar-refractivity contribution in [2.75, 3.05) is 18.4 Å². The van der Waals surface area contributed by atoms with Crippen molar-refractivity contribution in [2.45, 2.75) is 45.6 Å². The van der Waals surface area contributed by atoms with Crippen molar-refractivity contribution in [1.29, 1.82) is 0 Å². The van der Waals surface area contributed by atoms with Crippen LogP contribution in [-0.4, -0.2) is 28.1 Å². The van der Waals surface area contributed by atoms with Crippen LogP contribution in [0.15, 0.2) is 6.20 Å². The van der Waals surface area contributed by atoms with E-state index in [0.29, 0.717) is 5.41 Å². The van der Waals surface area contributed by atoms with Gasteiger partial charge in [-0.3, -0.25) is 0 Å². The fourth-order valence-corrected chi connectivity index (χ4v) is 2.63. The second-order valence-electron chi connectivity index (χ2n) is 5.11. The first kappa shape index (κ1) is 12.4. The molecular weight excluding hydrogens is 214 g/mol. The van der Waals surface area contributed by atoms with Crippen molar-refractivity contribution in [1.82, 2.24) is 15.0 Å². The van der Waals surface area contributed by atoms with Gasteiger partial charge >= 0.3 is 0 Å². The number of aryl methyl sites for hydroxylation is 1. The third kappa shape index (κ3) is 2.77. The zero-order valence-electron chi connectivity index (χ0n) is 10.7. The van der Waals surface area contributed by atoms with E-state index in [4.69, 9.17) is 5.73 Å². The fourth-order valence-electron chi connectivity index (χ4n) is 2.63. The average Bonchev–Trinajstić information content (AvgIpc) is 2.97. The molecule has 1 aromatic heterocycles. The summed E-state index contributed by atoms with van der Waals surface area (Å²) < 4.78 is 1.93. The van der Waals surface area contributed by atoms with Crippen LogP contribution in [0.3, 0.4) is 0 Å². The predicted molar refractivity (Wildman–Crippen MR) is 68.8 cm³/mol. The number of nitrogens with two attached hydrogens (primary N) is 1. The van der Waals surface area contributed by atoms with Crippen LogP contribution in [0.2, 0.25) is 0 Å². The summed E-state index contributed by atoms with van der Waals surface area (Å²) in [5.41, 5.74) is 6.22. The minimum atomic E-state index is 0.293. The molecule has 1 saturated carbocycles. The van der Waals surface area contributed by atoms with E-state index in [-0.39, 0.29) is 0 Å². The summed E-state index contributed by atoms with van der Waals surface area (Å²) >= 11 is 0. The van der Waals surface area contributed by atoms with Gasteiger partial charge in [0.05, 0.1) is 6.20 Å². The molecule has 96 valence electrons. The van der Waals surface area contributed by atoms with Crippen LogP contribution in [0, 0.1) is 5.41 Å². The second kappa shape index (κ2) is 5.49. The van der Waals surface area contributed by atoms with Gasteiger partial charge in [0.1, 0.15) is 5.82 Å². The standard InChI is InChI=1S/C12H23N5/c1-2-7-17-11(8-15-16-17)14-10-12(9-13)5-3-4-6-12/h8,14H,2-7,9-10,13H2,1H3. The minimum absolute atomic E-state index is 0.293. The minimum Gasteiger partial charge on any atom is -0.368 e. The third-order valence-electron chi connectivity index (χ3n) is 3.79. The number of nitrogens with one attached hydrogen (secondary N) is 1. The summed E-state index contributed by atoms with van der Waals surface area (Å²) in [6.07, 6.45) is 7.98. The van der Waals surface area contributed by atoms with E-state index in [1.54, 1.807) is 6.20 Å². The van der Waals surface area contributed by atoms with E-state index >= 15 is 0 Å². The largest absolute Gasteiger partial charge is 0.368 e. The Morgan fingerprint density at radius 2 is 2.24 bits per heavy atom. The van der Waals surface area contributed by atoms with Gasteiger partial charge in [-0.2, -0.15) is 0 Å². The van der Waals surface area contributed by atoms with E-state index in [1.165, 1.54) is 25.7 Å². The van der Waals surface area contributed by atoms with Crippen LogP contribution in [0.25, 0.3) is 0 Å². The molecule has 1 aliphatic carbocycles. The zero-order valence-corrected chi connectivity index (χ0v) is 10.7. The lowest BCUT2D eigenvalue weighted by Crippen LogP contribution is -2.35. The number of hydrogen-bond acceptors (Lipinski definition) is 4. The van der Waals surface area contributed by atoms with Crippen molar-refractivity contribution in [3.8, 4) is 0 Å². The molecule has 0 spiro atoms. The molecule has 0 bridgehead atoms. The van der Waals surface area contributed by atoms with Crippen LogP contribution in [0.5, 0.6) is 0 Å². The van der Waals surface area contributed by atoms with Crippen LogP contribution in [0.4, 0.5) is 5.82 Å². The first-order valence-electron chi connectivity index (χ1n) is 6.62. The van der Waals surface area contributed by atoms with Gasteiger partial charge in [0.15, 0.2) is 0 Å². The Bertz CT molecular complexity index is 340. The molecule has 0 radical (unpaired) electrons. The highest BCUT2D eigenvalue weighted by molar-refractivity contribution is 5.31. The van der Waals surface area contributed by atoms with Gasteiger partial charge in [-0.15, -0.1) is 5.10 Å². The van der Waals surface area contributed by atoms with Crippen molar-refractivity contribution < 1.29 is 0 Å². The third-order valence-corrected chi connectivity index (χ3v) is 3.79. The molecule has 1 heterocycles. The summed E-state index contributed by atoms with van der Waals surface area (Å²) in [5.74, 6) is 1.02. The topological polar surface area (TPSA) is 68.8 Å². The monoisotopic (exact) mass is 237 g/mol. The van der Waals surface area contributed by atoms with E-state index in [9.17, 15) is 0 Å². The number of rotatable bonds is 6. The molecule has 17 heavy (non-hydrogen) atoms. The Kier molecular flexibility index (Phi) is 3.99. The number of nitrogens with zero attached hydrogens (tertiary/aromatic N) is 3. The second-order valence-corrected chi connectivity index (χ2v) is 5.11. The van der Waals surface area contributed by atoms with Crippen molar-refractivity contribution in [3.05, 3.63) is 6.20 Å². The lowest BCUT2D eigenvalue weighted by atomic mass is 9.86. The van der Waals surface area contributed by atoms with E-state index in [2.05, 4.69) is 22.6 Å². The van der Waals surface area contributed by atoms with Gasteiger partial charge in [0, 0.05) is 13.1 Å².